The molecule has 0 N–H and O–H groups in total. The summed E-state index contributed by atoms with van der Waals surface area (Å²) in [5, 5.41) is 3.28. The summed E-state index contributed by atoms with van der Waals surface area (Å²) >= 11 is 0. The third kappa shape index (κ3) is 7.43. The predicted molar refractivity (Wildman–Crippen MR) is 264 cm³/mol. The summed E-state index contributed by atoms with van der Waals surface area (Å²) in [7, 11) is 0. The molecule has 0 unspecified atom stereocenters. The molecule has 0 atom stereocenters. The van der Waals surface area contributed by atoms with E-state index in [2.05, 4.69) is 254 Å². The van der Waals surface area contributed by atoms with Crippen molar-refractivity contribution in [1.82, 2.24) is 9.97 Å². The fourth-order valence-corrected chi connectivity index (χ4v) is 8.75. The van der Waals surface area contributed by atoms with Crippen LogP contribution in [0.4, 0.5) is 17.3 Å². The second-order valence-electron chi connectivity index (χ2n) is 15.8. The van der Waals surface area contributed by atoms with Crippen molar-refractivity contribution in [3.63, 3.8) is 0 Å². The summed E-state index contributed by atoms with van der Waals surface area (Å²) < 4.78 is 0. The van der Waals surface area contributed by atoms with E-state index in [9.17, 15) is 0 Å². The Morgan fingerprint density at radius 3 is 1.25 bits per heavy atom. The highest BCUT2D eigenvalue weighted by atomic mass is 15.3. The number of hydrogen-bond donors (Lipinski definition) is 0. The fourth-order valence-electron chi connectivity index (χ4n) is 8.75. The molecule has 11 aromatic rings. The van der Waals surface area contributed by atoms with Crippen molar-refractivity contribution in [2.24, 2.45) is 0 Å². The van der Waals surface area contributed by atoms with Gasteiger partial charge in [-0.3, -0.25) is 4.90 Å². The van der Waals surface area contributed by atoms with Gasteiger partial charge in [0.2, 0.25) is 5.95 Å². The Morgan fingerprint density at radius 1 is 0.286 bits per heavy atom. The second-order valence-corrected chi connectivity index (χ2v) is 15.8. The van der Waals surface area contributed by atoms with Crippen LogP contribution in [0.2, 0.25) is 0 Å². The van der Waals surface area contributed by atoms with Crippen LogP contribution in [0, 0.1) is 0 Å². The van der Waals surface area contributed by atoms with E-state index in [1.807, 2.05) is 0 Å². The minimum Gasteiger partial charge on any atom is -0.278 e. The highest BCUT2D eigenvalue weighted by molar-refractivity contribution is 6.02. The number of fused-ring (bicyclic) bond motifs is 2. The Labute approximate surface area is 367 Å². The van der Waals surface area contributed by atoms with E-state index in [1.54, 1.807) is 0 Å². The first-order valence-corrected chi connectivity index (χ1v) is 21.4. The molecule has 10 aromatic carbocycles. The Bertz CT molecular complexity index is 3250. The summed E-state index contributed by atoms with van der Waals surface area (Å²) in [4.78, 5) is 13.6. The maximum absolute atomic E-state index is 5.74. The Hall–Kier alpha value is -8.40. The molecule has 0 bridgehead atoms. The van der Waals surface area contributed by atoms with Gasteiger partial charge < -0.3 is 0 Å². The topological polar surface area (TPSA) is 29.0 Å². The van der Waals surface area contributed by atoms with Crippen LogP contribution in [0.1, 0.15) is 0 Å². The Balaban J connectivity index is 1.25. The lowest BCUT2D eigenvalue weighted by atomic mass is 9.90. The number of anilines is 3. The first-order chi connectivity index (χ1) is 31.2. The molecule has 1 heterocycles. The van der Waals surface area contributed by atoms with Crippen molar-refractivity contribution in [2.75, 3.05) is 4.90 Å². The van der Waals surface area contributed by atoms with Gasteiger partial charge in [0, 0.05) is 27.8 Å². The summed E-state index contributed by atoms with van der Waals surface area (Å²) in [6.45, 7) is 0. The van der Waals surface area contributed by atoms with Crippen LogP contribution in [0.15, 0.2) is 249 Å². The van der Waals surface area contributed by atoms with Gasteiger partial charge >= 0.3 is 0 Å². The molecule has 0 amide bonds. The SMILES string of the molecule is c1ccc(-c2cc(-c3ccccc3)cc(-c3nc(N(c4ccc5ccccc5c4)c4c(-c5ccccc5)cc(-c5ccccc5)cc4-c4ccccc4)nc4ccccc34)c2)cc1. The third-order valence-electron chi connectivity index (χ3n) is 11.8. The maximum Gasteiger partial charge on any atom is 0.235 e. The van der Waals surface area contributed by atoms with E-state index in [0.29, 0.717) is 5.95 Å². The van der Waals surface area contributed by atoms with Gasteiger partial charge in [0.1, 0.15) is 0 Å². The van der Waals surface area contributed by atoms with Crippen LogP contribution in [-0.4, -0.2) is 9.97 Å². The molecular formula is C60H41N3. The summed E-state index contributed by atoms with van der Waals surface area (Å²) in [6, 6.07) is 88.4. The molecule has 3 nitrogen and oxygen atoms in total. The molecule has 0 radical (unpaired) electrons. The van der Waals surface area contributed by atoms with Crippen LogP contribution in [0.25, 0.3) is 88.6 Å². The molecule has 0 spiro atoms. The van der Waals surface area contributed by atoms with Gasteiger partial charge in [-0.05, 0) is 104 Å². The Kier molecular flexibility index (Phi) is 9.89. The smallest absolute Gasteiger partial charge is 0.235 e. The van der Waals surface area contributed by atoms with Crippen LogP contribution in [0.5, 0.6) is 0 Å². The average molecular weight is 804 g/mol. The lowest BCUT2D eigenvalue weighted by molar-refractivity contribution is 1.11. The van der Waals surface area contributed by atoms with Gasteiger partial charge in [-0.15, -0.1) is 0 Å². The van der Waals surface area contributed by atoms with Gasteiger partial charge in [-0.2, -0.15) is 0 Å². The molecule has 63 heavy (non-hydrogen) atoms. The second kappa shape index (κ2) is 16.6. The summed E-state index contributed by atoms with van der Waals surface area (Å²) in [5.41, 5.74) is 15.8. The van der Waals surface area contributed by atoms with E-state index >= 15 is 0 Å². The standard InChI is InChI=1S/C60H41N3/c1-6-20-42(21-7-1)49-36-50(43-22-8-2-9-23-43)38-52(37-49)58-54-32-18-19-33-57(54)61-60(62-58)63(53-35-34-45-26-16-17-31-48(45)39-53)59-55(46-27-12-4-13-28-46)40-51(44-24-10-3-11-25-44)41-56(59)47-29-14-5-15-30-47/h1-41H. The minimum absolute atomic E-state index is 0.576. The average Bonchev–Trinajstić information content (AvgIpc) is 3.37. The molecule has 1 aromatic heterocycles. The van der Waals surface area contributed by atoms with Crippen molar-refractivity contribution in [2.45, 2.75) is 0 Å². The number of benzene rings is 10. The lowest BCUT2D eigenvalue weighted by Gasteiger charge is -2.30. The number of hydrogen-bond acceptors (Lipinski definition) is 3. The van der Waals surface area contributed by atoms with E-state index in [0.717, 1.165) is 94.6 Å². The molecule has 3 heteroatoms. The summed E-state index contributed by atoms with van der Waals surface area (Å²) in [6.07, 6.45) is 0. The molecule has 0 fully saturated rings. The quantitative estimate of drug-likeness (QED) is 0.146. The predicted octanol–water partition coefficient (Wildman–Crippen LogP) is 16.3. The van der Waals surface area contributed by atoms with Crippen molar-refractivity contribution in [3.05, 3.63) is 249 Å². The van der Waals surface area contributed by atoms with Crippen molar-refractivity contribution in [1.29, 1.82) is 0 Å². The Morgan fingerprint density at radius 2 is 0.714 bits per heavy atom. The van der Waals surface area contributed by atoms with Crippen molar-refractivity contribution >= 4 is 39.0 Å². The molecular weight excluding hydrogens is 763 g/mol. The third-order valence-corrected chi connectivity index (χ3v) is 11.8. The van der Waals surface area contributed by atoms with Gasteiger partial charge in [0.25, 0.3) is 0 Å². The molecule has 0 aliphatic rings. The normalized spacial score (nSPS) is 11.2. The van der Waals surface area contributed by atoms with Gasteiger partial charge in [0.05, 0.1) is 16.9 Å². The van der Waals surface area contributed by atoms with Gasteiger partial charge in [-0.25, -0.2) is 9.97 Å². The fraction of sp³-hybridized carbons (Fsp3) is 0. The van der Waals surface area contributed by atoms with Crippen LogP contribution >= 0.6 is 0 Å². The highest BCUT2D eigenvalue weighted by Crippen LogP contribution is 2.49. The first-order valence-electron chi connectivity index (χ1n) is 21.4. The largest absolute Gasteiger partial charge is 0.278 e. The molecule has 0 aliphatic heterocycles. The summed E-state index contributed by atoms with van der Waals surface area (Å²) in [5.74, 6) is 0.576. The molecule has 296 valence electrons. The molecule has 0 saturated heterocycles. The highest BCUT2D eigenvalue weighted by Gasteiger charge is 2.27. The zero-order valence-corrected chi connectivity index (χ0v) is 34.5. The number of rotatable bonds is 9. The van der Waals surface area contributed by atoms with Crippen molar-refractivity contribution in [3.8, 4) is 66.9 Å². The van der Waals surface area contributed by atoms with E-state index < -0.39 is 0 Å². The monoisotopic (exact) mass is 803 g/mol. The zero-order valence-electron chi connectivity index (χ0n) is 34.5. The zero-order chi connectivity index (χ0) is 42.0. The molecule has 0 aliphatic carbocycles. The van der Waals surface area contributed by atoms with E-state index in [4.69, 9.17) is 9.97 Å². The van der Waals surface area contributed by atoms with Crippen LogP contribution in [-0.2, 0) is 0 Å². The maximum atomic E-state index is 5.74. The van der Waals surface area contributed by atoms with E-state index in [1.165, 1.54) is 5.39 Å². The number of nitrogens with zero attached hydrogens (tertiary/aromatic N) is 3. The van der Waals surface area contributed by atoms with Crippen LogP contribution in [0.3, 0.4) is 0 Å². The molecule has 0 saturated carbocycles. The first kappa shape index (κ1) is 37.6. The number of aromatic nitrogens is 2. The number of para-hydroxylation sites is 1. The van der Waals surface area contributed by atoms with E-state index in [-0.39, 0.29) is 0 Å². The van der Waals surface area contributed by atoms with Gasteiger partial charge in [-0.1, -0.05) is 200 Å². The minimum atomic E-state index is 0.576. The molecule has 11 rings (SSSR count). The van der Waals surface area contributed by atoms with Crippen LogP contribution < -0.4 is 4.90 Å². The lowest BCUT2D eigenvalue weighted by Crippen LogP contribution is -2.16. The van der Waals surface area contributed by atoms with Gasteiger partial charge in [0.15, 0.2) is 0 Å². The van der Waals surface area contributed by atoms with Crippen molar-refractivity contribution < 1.29 is 0 Å².